The van der Waals surface area contributed by atoms with Crippen LogP contribution < -0.4 is 11.1 Å². The van der Waals surface area contributed by atoms with Crippen molar-refractivity contribution in [3.8, 4) is 0 Å². The van der Waals surface area contributed by atoms with Gasteiger partial charge in [-0.25, -0.2) is 4.79 Å². The predicted molar refractivity (Wildman–Crippen MR) is 85.2 cm³/mol. The van der Waals surface area contributed by atoms with Crippen molar-refractivity contribution in [2.45, 2.75) is 12.3 Å². The number of nitrogens with two attached hydrogens (primary N) is 1. The van der Waals surface area contributed by atoms with E-state index in [2.05, 4.69) is 17.4 Å². The molecule has 0 bridgehead atoms. The Labute approximate surface area is 124 Å². The van der Waals surface area contributed by atoms with E-state index in [1.54, 1.807) is 12.1 Å². The number of hydrogen-bond acceptors (Lipinski definition) is 2. The lowest BCUT2D eigenvalue weighted by atomic mass is 9.99. The van der Waals surface area contributed by atoms with Crippen LogP contribution in [0.5, 0.6) is 0 Å². The third-order valence-corrected chi connectivity index (χ3v) is 3.88. The average molecular weight is 281 g/mol. The number of likely N-dealkylation sites (tertiary alicyclic amines) is 1. The summed E-state index contributed by atoms with van der Waals surface area (Å²) in [7, 11) is 0. The third kappa shape index (κ3) is 3.16. The van der Waals surface area contributed by atoms with Crippen molar-refractivity contribution in [3.63, 3.8) is 0 Å². The molecule has 3 rings (SSSR count). The number of amides is 2. The average Bonchev–Trinajstić information content (AvgIpc) is 2.98. The number of rotatable bonds is 2. The van der Waals surface area contributed by atoms with Gasteiger partial charge in [0.15, 0.2) is 0 Å². The number of hydrogen-bond donors (Lipinski definition) is 2. The Morgan fingerprint density at radius 2 is 1.95 bits per heavy atom. The lowest BCUT2D eigenvalue weighted by molar-refractivity contribution is 0.222. The highest BCUT2D eigenvalue weighted by atomic mass is 16.2. The van der Waals surface area contributed by atoms with Gasteiger partial charge >= 0.3 is 6.03 Å². The second-order valence-electron chi connectivity index (χ2n) is 5.40. The minimum absolute atomic E-state index is 0.0565. The fourth-order valence-electron chi connectivity index (χ4n) is 2.76. The highest BCUT2D eigenvalue weighted by molar-refractivity contribution is 5.90. The van der Waals surface area contributed by atoms with Crippen molar-refractivity contribution < 1.29 is 4.79 Å². The molecule has 4 heteroatoms. The van der Waals surface area contributed by atoms with Gasteiger partial charge in [-0.1, -0.05) is 36.4 Å². The van der Waals surface area contributed by atoms with E-state index in [1.165, 1.54) is 5.56 Å². The van der Waals surface area contributed by atoms with Crippen LogP contribution in [-0.4, -0.2) is 24.0 Å². The van der Waals surface area contributed by atoms with Gasteiger partial charge in [0.1, 0.15) is 0 Å². The maximum Gasteiger partial charge on any atom is 0.321 e. The van der Waals surface area contributed by atoms with Crippen molar-refractivity contribution in [2.24, 2.45) is 0 Å². The van der Waals surface area contributed by atoms with Gasteiger partial charge in [0.25, 0.3) is 0 Å². The molecular formula is C17H19N3O. The quantitative estimate of drug-likeness (QED) is 0.830. The number of nitrogens with zero attached hydrogens (tertiary/aromatic N) is 1. The van der Waals surface area contributed by atoms with Crippen LogP contribution in [0.25, 0.3) is 0 Å². The zero-order valence-corrected chi connectivity index (χ0v) is 11.8. The van der Waals surface area contributed by atoms with Crippen molar-refractivity contribution in [2.75, 3.05) is 24.1 Å². The number of benzene rings is 2. The molecule has 4 nitrogen and oxygen atoms in total. The summed E-state index contributed by atoms with van der Waals surface area (Å²) in [5.41, 5.74) is 8.41. The normalized spacial score (nSPS) is 17.7. The Morgan fingerprint density at radius 1 is 1.14 bits per heavy atom. The fraction of sp³-hybridized carbons (Fsp3) is 0.235. The van der Waals surface area contributed by atoms with E-state index < -0.39 is 0 Å². The van der Waals surface area contributed by atoms with Gasteiger partial charge in [-0.2, -0.15) is 0 Å². The summed E-state index contributed by atoms with van der Waals surface area (Å²) in [6.07, 6.45) is 1.01. The summed E-state index contributed by atoms with van der Waals surface area (Å²) in [4.78, 5) is 14.1. The molecule has 2 amide bonds. The molecule has 0 radical (unpaired) electrons. The van der Waals surface area contributed by atoms with Crippen LogP contribution in [0, 0.1) is 0 Å². The Hall–Kier alpha value is -2.49. The zero-order chi connectivity index (χ0) is 14.7. The number of carbonyl (C=O) groups excluding carboxylic acids is 1. The number of nitrogens with one attached hydrogen (secondary N) is 1. The first-order valence-electron chi connectivity index (χ1n) is 7.19. The monoisotopic (exact) mass is 281 g/mol. The molecule has 2 aromatic carbocycles. The van der Waals surface area contributed by atoms with Crippen LogP contribution in [0.15, 0.2) is 54.6 Å². The number of nitrogen functional groups attached to an aromatic ring is 1. The van der Waals surface area contributed by atoms with E-state index in [9.17, 15) is 4.79 Å². The zero-order valence-electron chi connectivity index (χ0n) is 11.8. The van der Waals surface area contributed by atoms with Gasteiger partial charge in [0, 0.05) is 30.4 Å². The van der Waals surface area contributed by atoms with Gasteiger partial charge in [-0.15, -0.1) is 0 Å². The summed E-state index contributed by atoms with van der Waals surface area (Å²) in [5.74, 6) is 0.429. The van der Waals surface area contributed by atoms with Crippen molar-refractivity contribution in [3.05, 3.63) is 60.2 Å². The highest BCUT2D eigenvalue weighted by Crippen LogP contribution is 2.27. The van der Waals surface area contributed by atoms with Gasteiger partial charge in [-0.05, 0) is 30.2 Å². The van der Waals surface area contributed by atoms with Crippen LogP contribution in [0.4, 0.5) is 16.2 Å². The molecule has 1 aliphatic rings. The highest BCUT2D eigenvalue weighted by Gasteiger charge is 2.27. The number of carbonyl (C=O) groups is 1. The molecular weight excluding hydrogens is 262 g/mol. The fourth-order valence-corrected chi connectivity index (χ4v) is 2.76. The standard InChI is InChI=1S/C17H19N3O/c18-15-7-4-8-16(11-15)19-17(21)20-10-9-14(12-20)13-5-2-1-3-6-13/h1-8,11,14H,9-10,12,18H2,(H,19,21). The smallest absolute Gasteiger partial charge is 0.321 e. The molecule has 1 heterocycles. The van der Waals surface area contributed by atoms with E-state index in [-0.39, 0.29) is 6.03 Å². The Balaban J connectivity index is 1.62. The van der Waals surface area contributed by atoms with Crippen LogP contribution in [-0.2, 0) is 0 Å². The van der Waals surface area contributed by atoms with E-state index in [0.717, 1.165) is 25.2 Å². The minimum atomic E-state index is -0.0565. The maximum absolute atomic E-state index is 12.3. The van der Waals surface area contributed by atoms with E-state index in [4.69, 9.17) is 5.73 Å². The molecule has 3 N–H and O–H groups in total. The summed E-state index contributed by atoms with van der Waals surface area (Å²) in [5, 5.41) is 2.90. The Morgan fingerprint density at radius 3 is 2.71 bits per heavy atom. The van der Waals surface area contributed by atoms with E-state index in [0.29, 0.717) is 11.6 Å². The molecule has 1 atom stereocenters. The van der Waals surface area contributed by atoms with Crippen molar-refractivity contribution in [1.82, 2.24) is 4.90 Å². The Kier molecular flexibility index (Phi) is 3.77. The summed E-state index contributed by atoms with van der Waals surface area (Å²) in [6.45, 7) is 1.55. The van der Waals surface area contributed by atoms with Crippen LogP contribution in [0.2, 0.25) is 0 Å². The molecule has 0 spiro atoms. The molecule has 2 aromatic rings. The Bertz CT molecular complexity index is 627. The molecule has 1 aliphatic heterocycles. The van der Waals surface area contributed by atoms with E-state index >= 15 is 0 Å². The third-order valence-electron chi connectivity index (χ3n) is 3.88. The van der Waals surface area contributed by atoms with Gasteiger partial charge < -0.3 is 16.0 Å². The summed E-state index contributed by atoms with van der Waals surface area (Å²) < 4.78 is 0. The SMILES string of the molecule is Nc1cccc(NC(=O)N2CCC(c3ccccc3)C2)c1. The van der Waals surface area contributed by atoms with E-state index in [1.807, 2.05) is 35.2 Å². The second-order valence-corrected chi connectivity index (χ2v) is 5.40. The first-order chi connectivity index (χ1) is 10.2. The summed E-state index contributed by atoms with van der Waals surface area (Å²) >= 11 is 0. The van der Waals surface area contributed by atoms with Crippen LogP contribution >= 0.6 is 0 Å². The number of urea groups is 1. The van der Waals surface area contributed by atoms with Crippen LogP contribution in [0.1, 0.15) is 17.9 Å². The molecule has 1 saturated heterocycles. The molecule has 1 fully saturated rings. The van der Waals surface area contributed by atoms with Crippen molar-refractivity contribution >= 4 is 17.4 Å². The predicted octanol–water partition coefficient (Wildman–Crippen LogP) is 3.29. The lowest BCUT2D eigenvalue weighted by Crippen LogP contribution is -2.32. The molecule has 108 valence electrons. The second kappa shape index (κ2) is 5.87. The lowest BCUT2D eigenvalue weighted by Gasteiger charge is -2.17. The van der Waals surface area contributed by atoms with Gasteiger partial charge in [0.05, 0.1) is 0 Å². The summed E-state index contributed by atoms with van der Waals surface area (Å²) in [6, 6.07) is 17.6. The molecule has 0 aromatic heterocycles. The first-order valence-corrected chi connectivity index (χ1v) is 7.19. The maximum atomic E-state index is 12.3. The topological polar surface area (TPSA) is 58.4 Å². The van der Waals surface area contributed by atoms with Gasteiger partial charge in [0.2, 0.25) is 0 Å². The largest absolute Gasteiger partial charge is 0.399 e. The minimum Gasteiger partial charge on any atom is -0.399 e. The molecule has 21 heavy (non-hydrogen) atoms. The number of anilines is 2. The molecule has 0 saturated carbocycles. The van der Waals surface area contributed by atoms with Crippen LogP contribution in [0.3, 0.4) is 0 Å². The van der Waals surface area contributed by atoms with Gasteiger partial charge in [-0.3, -0.25) is 0 Å². The molecule has 0 aliphatic carbocycles. The first kappa shape index (κ1) is 13.5. The molecule has 1 unspecified atom stereocenters. The van der Waals surface area contributed by atoms with Crippen molar-refractivity contribution in [1.29, 1.82) is 0 Å².